The van der Waals surface area contributed by atoms with E-state index in [4.69, 9.17) is 4.74 Å². The van der Waals surface area contributed by atoms with E-state index in [1.54, 1.807) is 58.0 Å². The number of hydrogen-bond acceptors (Lipinski definition) is 5. The fraction of sp³-hybridized carbons (Fsp3) is 0.483. The Hall–Kier alpha value is -3.53. The zero-order valence-electron chi connectivity index (χ0n) is 22.8. The molecule has 0 radical (unpaired) electrons. The Bertz CT molecular complexity index is 1050. The first-order valence-electron chi connectivity index (χ1n) is 13.0. The van der Waals surface area contributed by atoms with Crippen molar-refractivity contribution in [2.24, 2.45) is 17.8 Å². The van der Waals surface area contributed by atoms with E-state index < -0.39 is 54.4 Å². The van der Waals surface area contributed by atoms with Gasteiger partial charge in [-0.25, -0.2) is 13.6 Å². The smallest absolute Gasteiger partial charge is 0.407 e. The maximum atomic E-state index is 15.1. The van der Waals surface area contributed by atoms with Crippen molar-refractivity contribution in [2.75, 3.05) is 6.54 Å². The number of nitrogens with one attached hydrogen (secondary N) is 3. The minimum absolute atomic E-state index is 0.0433. The van der Waals surface area contributed by atoms with Crippen molar-refractivity contribution in [3.05, 3.63) is 71.8 Å². The number of halogens is 2. The number of carbonyl (C=O) groups is 3. The van der Waals surface area contributed by atoms with Crippen LogP contribution in [0.3, 0.4) is 0 Å². The van der Waals surface area contributed by atoms with E-state index in [2.05, 4.69) is 16.0 Å². The summed E-state index contributed by atoms with van der Waals surface area (Å²) >= 11 is 0. The molecule has 0 bridgehead atoms. The number of alkyl carbamates (subject to hydrolysis) is 1. The van der Waals surface area contributed by atoms with Crippen LogP contribution in [0.15, 0.2) is 60.7 Å². The molecule has 39 heavy (non-hydrogen) atoms. The molecule has 3 amide bonds. The van der Waals surface area contributed by atoms with Gasteiger partial charge in [-0.3, -0.25) is 9.59 Å². The van der Waals surface area contributed by atoms with Crippen LogP contribution in [0.25, 0.3) is 0 Å². The number of rotatable bonds is 14. The van der Waals surface area contributed by atoms with E-state index in [0.717, 1.165) is 5.56 Å². The average Bonchev–Trinajstić information content (AvgIpc) is 2.89. The fourth-order valence-corrected chi connectivity index (χ4v) is 4.02. The summed E-state index contributed by atoms with van der Waals surface area (Å²) in [5.74, 6) is -7.07. The lowest BCUT2D eigenvalue weighted by atomic mass is 9.93. The van der Waals surface area contributed by atoms with Crippen LogP contribution in [0, 0.1) is 17.8 Å². The molecule has 0 aliphatic rings. The van der Waals surface area contributed by atoms with Crippen molar-refractivity contribution < 1.29 is 33.0 Å². The van der Waals surface area contributed by atoms with Crippen LogP contribution in [0.4, 0.5) is 13.6 Å². The molecular weight excluding hydrogens is 508 g/mol. The van der Waals surface area contributed by atoms with Gasteiger partial charge in [0.05, 0.1) is 12.6 Å². The van der Waals surface area contributed by atoms with Gasteiger partial charge in [-0.05, 0) is 29.4 Å². The first-order chi connectivity index (χ1) is 18.4. The van der Waals surface area contributed by atoms with Gasteiger partial charge in [-0.2, -0.15) is 0 Å². The molecule has 0 heterocycles. The Morgan fingerprint density at radius 3 is 1.95 bits per heavy atom. The molecule has 3 atom stereocenters. The molecule has 0 aromatic heterocycles. The first kappa shape index (κ1) is 31.7. The van der Waals surface area contributed by atoms with Gasteiger partial charge in [0.1, 0.15) is 18.6 Å². The number of ether oxygens (including phenoxy) is 1. The fourth-order valence-electron chi connectivity index (χ4n) is 4.02. The highest BCUT2D eigenvalue weighted by Gasteiger charge is 2.45. The molecule has 0 aliphatic heterocycles. The number of hydrogen-bond donors (Lipinski definition) is 4. The van der Waals surface area contributed by atoms with E-state index >= 15 is 8.78 Å². The zero-order valence-corrected chi connectivity index (χ0v) is 22.8. The third-order valence-electron chi connectivity index (χ3n) is 6.09. The highest BCUT2D eigenvalue weighted by molar-refractivity contribution is 6.00. The number of alkyl halides is 2. The lowest BCUT2D eigenvalue weighted by Gasteiger charge is -2.31. The molecule has 0 fully saturated rings. The van der Waals surface area contributed by atoms with E-state index in [-0.39, 0.29) is 25.5 Å². The SMILES string of the molecule is CC(C)CC(NC(=O)OCc1ccccc1)C(O)C(F)(F)CNC(=O)C(C(=O)NCc1ccccc1)C(C)C. The molecule has 10 heteroatoms. The van der Waals surface area contributed by atoms with E-state index in [0.29, 0.717) is 5.56 Å². The molecule has 3 unspecified atom stereocenters. The molecule has 2 aromatic rings. The quantitative estimate of drug-likeness (QED) is 0.267. The van der Waals surface area contributed by atoms with Crippen LogP contribution in [-0.2, 0) is 27.5 Å². The van der Waals surface area contributed by atoms with Gasteiger partial charge in [0.2, 0.25) is 11.8 Å². The molecule has 0 saturated carbocycles. The molecule has 0 saturated heterocycles. The van der Waals surface area contributed by atoms with E-state index in [9.17, 15) is 19.5 Å². The normalized spacial score (nSPS) is 13.9. The van der Waals surface area contributed by atoms with E-state index in [1.165, 1.54) is 0 Å². The summed E-state index contributed by atoms with van der Waals surface area (Å²) in [6.07, 6.45) is -3.21. The van der Waals surface area contributed by atoms with Crippen LogP contribution in [0.5, 0.6) is 0 Å². The van der Waals surface area contributed by atoms with Gasteiger partial charge >= 0.3 is 6.09 Å². The maximum Gasteiger partial charge on any atom is 0.407 e. The summed E-state index contributed by atoms with van der Waals surface area (Å²) in [7, 11) is 0. The predicted molar refractivity (Wildman–Crippen MR) is 144 cm³/mol. The Kier molecular flexibility index (Phi) is 12.3. The topological polar surface area (TPSA) is 117 Å². The zero-order chi connectivity index (χ0) is 29.0. The van der Waals surface area contributed by atoms with E-state index in [1.807, 2.05) is 30.3 Å². The highest BCUT2D eigenvalue weighted by atomic mass is 19.3. The highest BCUT2D eigenvalue weighted by Crippen LogP contribution is 2.24. The molecular formula is C29H39F2N3O5. The Morgan fingerprint density at radius 2 is 1.41 bits per heavy atom. The standard InChI is InChI=1S/C29H39F2N3O5/c1-19(2)15-23(34-28(38)39-17-22-13-9-6-10-14-22)25(35)29(30,31)18-33-27(37)24(20(3)4)26(36)32-16-21-11-7-5-8-12-21/h5-14,19-20,23-25,35H,15-18H2,1-4H3,(H,32,36)(H,33,37)(H,34,38). The summed E-state index contributed by atoms with van der Waals surface area (Å²) in [5, 5.41) is 17.7. The van der Waals surface area contributed by atoms with Crippen molar-refractivity contribution in [2.45, 2.75) is 65.3 Å². The second-order valence-corrected chi connectivity index (χ2v) is 10.3. The molecule has 214 valence electrons. The summed E-state index contributed by atoms with van der Waals surface area (Å²) in [6, 6.07) is 16.6. The Balaban J connectivity index is 1.98. The van der Waals surface area contributed by atoms with Crippen molar-refractivity contribution >= 4 is 17.9 Å². The van der Waals surface area contributed by atoms with Gasteiger partial charge in [0, 0.05) is 6.54 Å². The Morgan fingerprint density at radius 1 is 0.872 bits per heavy atom. The summed E-state index contributed by atoms with van der Waals surface area (Å²) < 4.78 is 35.2. The van der Waals surface area contributed by atoms with Crippen molar-refractivity contribution in [3.63, 3.8) is 0 Å². The van der Waals surface area contributed by atoms with Gasteiger partial charge < -0.3 is 25.8 Å². The molecule has 2 rings (SSSR count). The van der Waals surface area contributed by atoms with Crippen molar-refractivity contribution in [3.8, 4) is 0 Å². The van der Waals surface area contributed by atoms with Crippen LogP contribution in [-0.4, -0.2) is 47.6 Å². The number of amides is 3. The van der Waals surface area contributed by atoms with Crippen molar-refractivity contribution in [1.82, 2.24) is 16.0 Å². The third kappa shape index (κ3) is 10.6. The molecule has 8 nitrogen and oxygen atoms in total. The summed E-state index contributed by atoms with van der Waals surface area (Å²) in [5.41, 5.74) is 1.54. The number of aliphatic hydroxyl groups excluding tert-OH is 1. The van der Waals surface area contributed by atoms with Crippen LogP contribution in [0.1, 0.15) is 45.2 Å². The lowest BCUT2D eigenvalue weighted by Crippen LogP contribution is -2.56. The molecule has 0 spiro atoms. The maximum absolute atomic E-state index is 15.1. The third-order valence-corrected chi connectivity index (χ3v) is 6.09. The minimum atomic E-state index is -3.80. The summed E-state index contributed by atoms with van der Waals surface area (Å²) in [4.78, 5) is 37.8. The minimum Gasteiger partial charge on any atom is -0.445 e. The second-order valence-electron chi connectivity index (χ2n) is 10.3. The van der Waals surface area contributed by atoms with Crippen molar-refractivity contribution in [1.29, 1.82) is 0 Å². The molecule has 4 N–H and O–H groups in total. The van der Waals surface area contributed by atoms with Gasteiger partial charge in [-0.15, -0.1) is 0 Å². The number of aliphatic hydroxyl groups is 1. The van der Waals surface area contributed by atoms with Gasteiger partial charge in [0.25, 0.3) is 5.92 Å². The summed E-state index contributed by atoms with van der Waals surface area (Å²) in [6.45, 7) is 5.72. The van der Waals surface area contributed by atoms with Crippen LogP contribution in [0.2, 0.25) is 0 Å². The predicted octanol–water partition coefficient (Wildman–Crippen LogP) is 4.03. The lowest BCUT2D eigenvalue weighted by molar-refractivity contribution is -0.143. The van der Waals surface area contributed by atoms with Gasteiger partial charge in [-0.1, -0.05) is 88.4 Å². The number of carbonyl (C=O) groups excluding carboxylic acids is 3. The van der Waals surface area contributed by atoms with Crippen LogP contribution >= 0.6 is 0 Å². The molecule has 0 aliphatic carbocycles. The second kappa shape index (κ2) is 15.2. The monoisotopic (exact) mass is 547 g/mol. The van der Waals surface area contributed by atoms with Crippen LogP contribution < -0.4 is 16.0 Å². The number of benzene rings is 2. The Labute approximate surface area is 228 Å². The largest absolute Gasteiger partial charge is 0.445 e. The van der Waals surface area contributed by atoms with Gasteiger partial charge in [0.15, 0.2) is 0 Å². The average molecular weight is 548 g/mol. The molecule has 2 aromatic carbocycles. The first-order valence-corrected chi connectivity index (χ1v) is 13.0.